The molecule has 0 heterocycles. The van der Waals surface area contributed by atoms with E-state index in [-0.39, 0.29) is 0 Å². The molecule has 0 rings (SSSR count). The van der Waals surface area contributed by atoms with Gasteiger partial charge in [-0.3, -0.25) is 0 Å². The Morgan fingerprint density at radius 2 is 2.00 bits per heavy atom. The molecule has 0 radical (unpaired) electrons. The Kier molecular flexibility index (Phi) is 7.11. The van der Waals surface area contributed by atoms with Gasteiger partial charge >= 0.3 is 0 Å². The maximum Gasteiger partial charge on any atom is 0.0132 e. The van der Waals surface area contributed by atoms with Gasteiger partial charge < -0.3 is 10.6 Å². The third kappa shape index (κ3) is 5.33. The van der Waals surface area contributed by atoms with Gasteiger partial charge in [0, 0.05) is 6.54 Å². The van der Waals surface area contributed by atoms with Crippen LogP contribution in [0.5, 0.6) is 0 Å². The molecule has 0 aromatic carbocycles. The number of rotatable bonds is 7. The largest absolute Gasteiger partial charge is 0.319 e. The van der Waals surface area contributed by atoms with Gasteiger partial charge in [-0.2, -0.15) is 0 Å². The van der Waals surface area contributed by atoms with Crippen LogP contribution in [0.2, 0.25) is 0 Å². The number of nitrogens with one attached hydrogen (secondary N) is 2. The molecule has 0 aromatic heterocycles. The Labute approximate surface area is 76.4 Å². The third-order valence-corrected chi connectivity index (χ3v) is 2.10. The van der Waals surface area contributed by atoms with Gasteiger partial charge in [0.1, 0.15) is 0 Å². The third-order valence-electron chi connectivity index (χ3n) is 2.10. The van der Waals surface area contributed by atoms with Gasteiger partial charge in [0.2, 0.25) is 0 Å². The van der Waals surface area contributed by atoms with Crippen LogP contribution in [0, 0.1) is 11.8 Å². The highest BCUT2D eigenvalue weighted by Gasteiger charge is 2.10. The lowest BCUT2D eigenvalue weighted by atomic mass is 9.96. The normalized spacial score (nSPS) is 13.3. The smallest absolute Gasteiger partial charge is 0.0132 e. The first-order chi connectivity index (χ1) is 5.72. The predicted octanol–water partition coefficient (Wildman–Crippen LogP) is 1.25. The van der Waals surface area contributed by atoms with Crippen LogP contribution >= 0.6 is 0 Å². The van der Waals surface area contributed by atoms with Crippen molar-refractivity contribution in [2.75, 3.05) is 26.7 Å². The van der Waals surface area contributed by atoms with Crippen LogP contribution in [-0.2, 0) is 0 Å². The fraction of sp³-hybridized carbons (Fsp3) is 0.800. The minimum absolute atomic E-state index is 0.718. The van der Waals surface area contributed by atoms with E-state index in [1.165, 1.54) is 0 Å². The molecule has 0 saturated heterocycles. The summed E-state index contributed by atoms with van der Waals surface area (Å²) in [6, 6.07) is 0. The molecule has 0 aliphatic heterocycles. The molecule has 0 saturated carbocycles. The maximum absolute atomic E-state index is 3.67. The summed E-state index contributed by atoms with van der Waals surface area (Å²) in [7, 11) is 2.00. The minimum atomic E-state index is 0.718. The van der Waals surface area contributed by atoms with Crippen molar-refractivity contribution in [3.05, 3.63) is 12.7 Å². The summed E-state index contributed by atoms with van der Waals surface area (Å²) in [5.74, 6) is 1.45. The van der Waals surface area contributed by atoms with E-state index in [0.29, 0.717) is 0 Å². The molecule has 0 bridgehead atoms. The molecule has 0 spiro atoms. The molecule has 0 fully saturated rings. The van der Waals surface area contributed by atoms with E-state index in [1.807, 2.05) is 13.1 Å². The van der Waals surface area contributed by atoms with Crippen LogP contribution in [-0.4, -0.2) is 26.7 Å². The average Bonchev–Trinajstić information content (AvgIpc) is 2.03. The van der Waals surface area contributed by atoms with Crippen molar-refractivity contribution >= 4 is 0 Å². The Morgan fingerprint density at radius 1 is 1.33 bits per heavy atom. The fourth-order valence-corrected chi connectivity index (χ4v) is 1.18. The first-order valence-electron chi connectivity index (χ1n) is 4.68. The number of hydrogen-bond acceptors (Lipinski definition) is 2. The van der Waals surface area contributed by atoms with Crippen molar-refractivity contribution in [2.24, 2.45) is 11.8 Å². The Balaban J connectivity index is 3.55. The first kappa shape index (κ1) is 11.7. The zero-order valence-electron chi connectivity index (χ0n) is 8.56. The Morgan fingerprint density at radius 3 is 2.42 bits per heavy atom. The highest BCUT2D eigenvalue weighted by Crippen LogP contribution is 2.07. The molecule has 0 aromatic rings. The molecular weight excluding hydrogens is 148 g/mol. The number of hydrogen-bond donors (Lipinski definition) is 2. The molecule has 2 heteroatoms. The van der Waals surface area contributed by atoms with Crippen LogP contribution in [0.25, 0.3) is 0 Å². The summed E-state index contributed by atoms with van der Waals surface area (Å²) in [5, 5.41) is 6.55. The lowest BCUT2D eigenvalue weighted by Crippen LogP contribution is -2.33. The van der Waals surface area contributed by atoms with Crippen molar-refractivity contribution in [1.29, 1.82) is 0 Å². The molecular formula is C10H22N2. The van der Waals surface area contributed by atoms with E-state index in [0.717, 1.165) is 31.5 Å². The van der Waals surface area contributed by atoms with Gasteiger partial charge in [-0.1, -0.05) is 19.9 Å². The van der Waals surface area contributed by atoms with Crippen LogP contribution in [0.3, 0.4) is 0 Å². The highest BCUT2D eigenvalue weighted by molar-refractivity contribution is 4.73. The highest BCUT2D eigenvalue weighted by atomic mass is 14.9. The van der Waals surface area contributed by atoms with Gasteiger partial charge in [-0.15, -0.1) is 6.58 Å². The van der Waals surface area contributed by atoms with Crippen molar-refractivity contribution in [2.45, 2.75) is 13.8 Å². The molecule has 1 unspecified atom stereocenters. The zero-order chi connectivity index (χ0) is 9.40. The maximum atomic E-state index is 3.67. The van der Waals surface area contributed by atoms with Crippen molar-refractivity contribution in [3.8, 4) is 0 Å². The second kappa shape index (κ2) is 7.32. The van der Waals surface area contributed by atoms with E-state index < -0.39 is 0 Å². The van der Waals surface area contributed by atoms with E-state index >= 15 is 0 Å². The van der Waals surface area contributed by atoms with Gasteiger partial charge in [-0.25, -0.2) is 0 Å². The second-order valence-electron chi connectivity index (χ2n) is 3.51. The molecule has 12 heavy (non-hydrogen) atoms. The lowest BCUT2D eigenvalue weighted by molar-refractivity contribution is 0.358. The Hall–Kier alpha value is -0.340. The molecule has 0 aliphatic rings. The summed E-state index contributed by atoms with van der Waals surface area (Å²) in [6.07, 6.45) is 1.90. The summed E-state index contributed by atoms with van der Waals surface area (Å²) in [4.78, 5) is 0. The van der Waals surface area contributed by atoms with Crippen LogP contribution in [0.4, 0.5) is 0 Å². The quantitative estimate of drug-likeness (QED) is 0.444. The van der Waals surface area contributed by atoms with Gasteiger partial charge in [0.05, 0.1) is 0 Å². The summed E-state index contributed by atoms with van der Waals surface area (Å²) in [6.45, 7) is 11.3. The molecule has 1 atom stereocenters. The standard InChI is InChI=1S/C10H22N2/c1-5-6-12-8-10(7-11-4)9(2)3/h5,9-12H,1,6-8H2,2-4H3. The van der Waals surface area contributed by atoms with E-state index in [4.69, 9.17) is 0 Å². The fourth-order valence-electron chi connectivity index (χ4n) is 1.18. The second-order valence-corrected chi connectivity index (χ2v) is 3.51. The molecule has 72 valence electrons. The SMILES string of the molecule is C=CCNCC(CNC)C(C)C. The monoisotopic (exact) mass is 170 g/mol. The summed E-state index contributed by atoms with van der Waals surface area (Å²) in [5.41, 5.74) is 0. The molecule has 0 aliphatic carbocycles. The summed E-state index contributed by atoms with van der Waals surface area (Å²) < 4.78 is 0. The van der Waals surface area contributed by atoms with Crippen molar-refractivity contribution in [1.82, 2.24) is 10.6 Å². The average molecular weight is 170 g/mol. The Bertz CT molecular complexity index is 110. The van der Waals surface area contributed by atoms with E-state index in [2.05, 4.69) is 31.1 Å². The van der Waals surface area contributed by atoms with Crippen LogP contribution in [0.15, 0.2) is 12.7 Å². The van der Waals surface area contributed by atoms with Gasteiger partial charge in [0.15, 0.2) is 0 Å². The first-order valence-corrected chi connectivity index (χ1v) is 4.68. The van der Waals surface area contributed by atoms with Crippen LogP contribution < -0.4 is 10.6 Å². The molecule has 0 amide bonds. The topological polar surface area (TPSA) is 24.1 Å². The zero-order valence-corrected chi connectivity index (χ0v) is 8.56. The van der Waals surface area contributed by atoms with Gasteiger partial charge in [0.25, 0.3) is 0 Å². The van der Waals surface area contributed by atoms with Crippen LogP contribution in [0.1, 0.15) is 13.8 Å². The van der Waals surface area contributed by atoms with Crippen molar-refractivity contribution < 1.29 is 0 Å². The minimum Gasteiger partial charge on any atom is -0.319 e. The lowest BCUT2D eigenvalue weighted by Gasteiger charge is -2.20. The van der Waals surface area contributed by atoms with Gasteiger partial charge in [-0.05, 0) is 32.0 Å². The summed E-state index contributed by atoms with van der Waals surface area (Å²) >= 11 is 0. The van der Waals surface area contributed by atoms with E-state index in [1.54, 1.807) is 0 Å². The van der Waals surface area contributed by atoms with E-state index in [9.17, 15) is 0 Å². The predicted molar refractivity (Wildman–Crippen MR) is 55.3 cm³/mol. The van der Waals surface area contributed by atoms with Crippen molar-refractivity contribution in [3.63, 3.8) is 0 Å². The molecule has 2 nitrogen and oxygen atoms in total. The molecule has 2 N–H and O–H groups in total.